The van der Waals surface area contributed by atoms with E-state index in [2.05, 4.69) is 31.0 Å². The summed E-state index contributed by atoms with van der Waals surface area (Å²) >= 11 is 12.3. The highest BCUT2D eigenvalue weighted by Gasteiger charge is 2.45. The number of benzene rings is 1. The lowest BCUT2D eigenvalue weighted by atomic mass is 9.76. The largest absolute Gasteiger partial charge is 0.381 e. The first-order chi connectivity index (χ1) is 10.1. The molecule has 0 spiro atoms. The van der Waals surface area contributed by atoms with Crippen LogP contribution < -0.4 is 0 Å². The van der Waals surface area contributed by atoms with Crippen LogP contribution in [0.4, 0.5) is 0 Å². The van der Waals surface area contributed by atoms with Crippen LogP contribution in [0, 0.1) is 5.92 Å². The molecule has 2 nitrogen and oxygen atoms in total. The minimum absolute atomic E-state index is 0.528. The predicted octanol–water partition coefficient (Wildman–Crippen LogP) is 4.60. The monoisotopic (exact) mass is 327 g/mol. The van der Waals surface area contributed by atoms with Crippen molar-refractivity contribution in [3.05, 3.63) is 33.8 Å². The maximum absolute atomic E-state index is 6.23. The van der Waals surface area contributed by atoms with E-state index in [1.165, 1.54) is 24.8 Å². The Bertz CT molecular complexity index is 508. The van der Waals surface area contributed by atoms with E-state index in [-0.39, 0.29) is 0 Å². The minimum Gasteiger partial charge on any atom is -0.381 e. The molecule has 2 fully saturated rings. The lowest BCUT2D eigenvalue weighted by Gasteiger charge is -2.43. The number of ether oxygens (including phenoxy) is 1. The molecule has 0 radical (unpaired) electrons. The first-order valence-corrected chi connectivity index (χ1v) is 8.62. The molecule has 2 saturated heterocycles. The molecule has 1 aromatic carbocycles. The lowest BCUT2D eigenvalue weighted by Crippen LogP contribution is -2.47. The van der Waals surface area contributed by atoms with Gasteiger partial charge in [-0.2, -0.15) is 0 Å². The molecule has 0 aliphatic carbocycles. The summed E-state index contributed by atoms with van der Waals surface area (Å²) in [7, 11) is 2.27. The number of hydrogen-bond acceptors (Lipinski definition) is 2. The van der Waals surface area contributed by atoms with E-state index in [0.717, 1.165) is 13.2 Å². The molecule has 1 aromatic rings. The predicted molar refractivity (Wildman–Crippen MR) is 88.4 cm³/mol. The van der Waals surface area contributed by atoms with Gasteiger partial charge in [-0.25, -0.2) is 0 Å². The molecule has 3 rings (SSSR count). The third-order valence-corrected chi connectivity index (χ3v) is 6.06. The van der Waals surface area contributed by atoms with Gasteiger partial charge in [-0.15, -0.1) is 0 Å². The van der Waals surface area contributed by atoms with Crippen LogP contribution in [-0.4, -0.2) is 37.2 Å². The van der Waals surface area contributed by atoms with E-state index < -0.39 is 0 Å². The van der Waals surface area contributed by atoms with Gasteiger partial charge in [-0.05, 0) is 56.8 Å². The molecule has 0 aromatic heterocycles. The Morgan fingerprint density at radius 3 is 2.76 bits per heavy atom. The van der Waals surface area contributed by atoms with Crippen molar-refractivity contribution in [1.82, 2.24) is 4.90 Å². The summed E-state index contributed by atoms with van der Waals surface area (Å²) in [6.07, 6.45) is 3.79. The summed E-state index contributed by atoms with van der Waals surface area (Å²) in [5.41, 5.74) is 1.32. The Hall–Kier alpha value is -0.280. The van der Waals surface area contributed by atoms with Crippen molar-refractivity contribution in [2.45, 2.75) is 44.2 Å². The average molecular weight is 328 g/mol. The van der Waals surface area contributed by atoms with E-state index in [4.69, 9.17) is 27.9 Å². The van der Waals surface area contributed by atoms with E-state index in [0.29, 0.717) is 34.0 Å². The fraction of sp³-hybridized carbons (Fsp3) is 0.647. The molecule has 116 valence electrons. The molecule has 4 atom stereocenters. The standard InChI is InChI=1S/C17H23Cl2NO/c1-3-21-10-14-13(9-12-5-7-17(14)20(12)2)11-4-6-15(18)16(19)8-11/h4,6,8,12-14,17H,3,5,7,9-10H2,1-2H3/t12-,13-,14+,17+/m0/s1. The Balaban J connectivity index is 1.88. The summed E-state index contributed by atoms with van der Waals surface area (Å²) in [5, 5.41) is 1.30. The van der Waals surface area contributed by atoms with Crippen LogP contribution in [0.5, 0.6) is 0 Å². The Morgan fingerprint density at radius 2 is 2.05 bits per heavy atom. The molecule has 2 aliphatic heterocycles. The van der Waals surface area contributed by atoms with Crippen LogP contribution in [0.2, 0.25) is 10.0 Å². The lowest BCUT2D eigenvalue weighted by molar-refractivity contribution is 0.0253. The normalized spacial score (nSPS) is 32.6. The molecule has 21 heavy (non-hydrogen) atoms. The molecule has 0 amide bonds. The molecule has 2 heterocycles. The van der Waals surface area contributed by atoms with Gasteiger partial charge in [0.15, 0.2) is 0 Å². The van der Waals surface area contributed by atoms with E-state index in [1.807, 2.05) is 6.07 Å². The molecule has 0 saturated carbocycles. The second kappa shape index (κ2) is 6.45. The Morgan fingerprint density at radius 1 is 1.24 bits per heavy atom. The fourth-order valence-corrected chi connectivity index (χ4v) is 4.49. The van der Waals surface area contributed by atoms with Crippen molar-refractivity contribution in [2.75, 3.05) is 20.3 Å². The van der Waals surface area contributed by atoms with Crippen LogP contribution in [-0.2, 0) is 4.74 Å². The summed E-state index contributed by atoms with van der Waals surface area (Å²) in [6.45, 7) is 3.69. The summed E-state index contributed by atoms with van der Waals surface area (Å²) in [4.78, 5) is 2.57. The van der Waals surface area contributed by atoms with Crippen molar-refractivity contribution in [3.63, 3.8) is 0 Å². The average Bonchev–Trinajstić information content (AvgIpc) is 2.72. The molecular formula is C17H23Cl2NO. The number of rotatable bonds is 4. The molecule has 0 unspecified atom stereocenters. The summed E-state index contributed by atoms with van der Waals surface area (Å²) < 4.78 is 5.79. The van der Waals surface area contributed by atoms with Crippen LogP contribution in [0.15, 0.2) is 18.2 Å². The second-order valence-corrected chi connectivity index (χ2v) is 7.12. The number of nitrogens with zero attached hydrogens (tertiary/aromatic N) is 1. The van der Waals surface area contributed by atoms with Crippen molar-refractivity contribution in [2.24, 2.45) is 5.92 Å². The van der Waals surface area contributed by atoms with Crippen molar-refractivity contribution in [1.29, 1.82) is 0 Å². The van der Waals surface area contributed by atoms with Crippen LogP contribution in [0.3, 0.4) is 0 Å². The highest BCUT2D eigenvalue weighted by Crippen LogP contribution is 2.46. The minimum atomic E-state index is 0.528. The molecule has 4 heteroatoms. The highest BCUT2D eigenvalue weighted by atomic mass is 35.5. The Labute approximate surface area is 137 Å². The number of halogens is 2. The zero-order chi connectivity index (χ0) is 15.0. The molecular weight excluding hydrogens is 305 g/mol. The summed E-state index contributed by atoms with van der Waals surface area (Å²) in [6, 6.07) is 7.46. The third kappa shape index (κ3) is 2.96. The van der Waals surface area contributed by atoms with Gasteiger partial charge in [0, 0.05) is 24.6 Å². The van der Waals surface area contributed by atoms with Crippen LogP contribution in [0.1, 0.15) is 37.7 Å². The zero-order valence-electron chi connectivity index (χ0n) is 12.7. The maximum Gasteiger partial charge on any atom is 0.0595 e. The number of fused-ring (bicyclic) bond motifs is 2. The highest BCUT2D eigenvalue weighted by molar-refractivity contribution is 6.42. The molecule has 2 aliphatic rings. The van der Waals surface area contributed by atoms with Gasteiger partial charge in [0.05, 0.1) is 16.7 Å². The maximum atomic E-state index is 6.23. The molecule has 0 N–H and O–H groups in total. The van der Waals surface area contributed by atoms with Crippen LogP contribution in [0.25, 0.3) is 0 Å². The SMILES string of the molecule is CCOC[C@H]1[C@H]2CC[C@@H](C[C@H]1c1ccc(Cl)c(Cl)c1)N2C. The summed E-state index contributed by atoms with van der Waals surface area (Å²) in [5.74, 6) is 1.07. The van der Waals surface area contributed by atoms with Gasteiger partial charge in [0.1, 0.15) is 0 Å². The number of hydrogen-bond donors (Lipinski definition) is 0. The van der Waals surface area contributed by atoms with Crippen molar-refractivity contribution < 1.29 is 4.74 Å². The van der Waals surface area contributed by atoms with Gasteiger partial charge in [0.25, 0.3) is 0 Å². The third-order valence-electron chi connectivity index (χ3n) is 5.32. The first-order valence-electron chi connectivity index (χ1n) is 7.86. The van der Waals surface area contributed by atoms with E-state index in [1.54, 1.807) is 0 Å². The quantitative estimate of drug-likeness (QED) is 0.801. The van der Waals surface area contributed by atoms with Gasteiger partial charge >= 0.3 is 0 Å². The fourth-order valence-electron chi connectivity index (χ4n) is 4.18. The Kier molecular flexibility index (Phi) is 4.80. The first kappa shape index (κ1) is 15.6. The topological polar surface area (TPSA) is 12.5 Å². The van der Waals surface area contributed by atoms with Gasteiger partial charge < -0.3 is 9.64 Å². The molecule has 2 bridgehead atoms. The smallest absolute Gasteiger partial charge is 0.0595 e. The van der Waals surface area contributed by atoms with Crippen molar-refractivity contribution in [3.8, 4) is 0 Å². The van der Waals surface area contributed by atoms with E-state index in [9.17, 15) is 0 Å². The number of piperidine rings is 1. The van der Waals surface area contributed by atoms with E-state index >= 15 is 0 Å². The van der Waals surface area contributed by atoms with Crippen molar-refractivity contribution >= 4 is 23.2 Å². The van der Waals surface area contributed by atoms with Crippen LogP contribution >= 0.6 is 23.2 Å². The van der Waals surface area contributed by atoms with Gasteiger partial charge in [0.2, 0.25) is 0 Å². The van der Waals surface area contributed by atoms with Gasteiger partial charge in [-0.1, -0.05) is 29.3 Å². The second-order valence-electron chi connectivity index (χ2n) is 6.30. The zero-order valence-corrected chi connectivity index (χ0v) is 14.2. The van der Waals surface area contributed by atoms with Gasteiger partial charge in [-0.3, -0.25) is 0 Å².